The van der Waals surface area contributed by atoms with Gasteiger partial charge in [0.15, 0.2) is 0 Å². The molecule has 0 radical (unpaired) electrons. The molecule has 4 aromatic carbocycles. The van der Waals surface area contributed by atoms with E-state index in [1.165, 1.54) is 0 Å². The minimum Gasteiger partial charge on any atom is -0.457 e. The molecule has 0 aromatic heterocycles. The van der Waals surface area contributed by atoms with Crippen molar-refractivity contribution in [2.24, 2.45) is 0 Å². The molecule has 0 aliphatic rings. The van der Waals surface area contributed by atoms with Crippen LogP contribution in [0, 0.1) is 0 Å². The van der Waals surface area contributed by atoms with Crippen LogP contribution in [0.1, 0.15) is 20.7 Å². The molecule has 0 atom stereocenters. The molecule has 4 aromatic rings. The van der Waals surface area contributed by atoms with Gasteiger partial charge in [0.1, 0.15) is 11.5 Å². The minimum absolute atomic E-state index is 0.199. The number of nitrogens with one attached hydrogen (secondary N) is 2. The number of hydrogen-bond donors (Lipinski definition) is 2. The van der Waals surface area contributed by atoms with Crippen LogP contribution in [0.15, 0.2) is 109 Å². The fourth-order valence-corrected chi connectivity index (χ4v) is 2.93. The van der Waals surface area contributed by atoms with E-state index in [9.17, 15) is 9.59 Å². The highest BCUT2D eigenvalue weighted by Crippen LogP contribution is 2.23. The van der Waals surface area contributed by atoms with Gasteiger partial charge in [-0.2, -0.15) is 0 Å². The number of ether oxygens (including phenoxy) is 1. The lowest BCUT2D eigenvalue weighted by Crippen LogP contribution is -2.13. The fraction of sp³-hybridized carbons (Fsp3) is 0. The van der Waals surface area contributed by atoms with Crippen LogP contribution in [0.2, 0.25) is 0 Å². The number of amides is 2. The maximum atomic E-state index is 12.5. The fourth-order valence-electron chi connectivity index (χ4n) is 2.93. The van der Waals surface area contributed by atoms with Crippen molar-refractivity contribution in [2.45, 2.75) is 0 Å². The van der Waals surface area contributed by atoms with Gasteiger partial charge in [0, 0.05) is 22.5 Å². The number of hydrogen-bond acceptors (Lipinski definition) is 3. The van der Waals surface area contributed by atoms with E-state index in [4.69, 9.17) is 4.74 Å². The summed E-state index contributed by atoms with van der Waals surface area (Å²) in [5.74, 6) is 0.995. The Balaban J connectivity index is 1.34. The zero-order chi connectivity index (χ0) is 21.5. The van der Waals surface area contributed by atoms with Gasteiger partial charge in [-0.1, -0.05) is 36.4 Å². The molecule has 0 aliphatic carbocycles. The van der Waals surface area contributed by atoms with Crippen LogP contribution < -0.4 is 15.4 Å². The molecule has 0 spiro atoms. The van der Waals surface area contributed by atoms with E-state index in [2.05, 4.69) is 10.6 Å². The number of para-hydroxylation sites is 1. The summed E-state index contributed by atoms with van der Waals surface area (Å²) in [6.45, 7) is 0. The molecule has 0 saturated carbocycles. The molecule has 2 amide bonds. The van der Waals surface area contributed by atoms with Gasteiger partial charge >= 0.3 is 0 Å². The zero-order valence-corrected chi connectivity index (χ0v) is 16.6. The smallest absolute Gasteiger partial charge is 0.255 e. The monoisotopic (exact) mass is 408 g/mol. The Morgan fingerprint density at radius 3 is 1.45 bits per heavy atom. The Morgan fingerprint density at radius 2 is 0.903 bits per heavy atom. The third-order valence-electron chi connectivity index (χ3n) is 4.53. The standard InChI is InChI=1S/C26H20N2O3/c29-25(19-7-3-1-4-8-19)27-21-13-11-20(12-14-21)26(30)28-22-15-17-24(18-16-22)31-23-9-5-2-6-10-23/h1-18H,(H,27,29)(H,28,30). The van der Waals surface area contributed by atoms with Crippen molar-refractivity contribution >= 4 is 23.2 Å². The summed E-state index contributed by atoms with van der Waals surface area (Å²) in [7, 11) is 0. The third-order valence-corrected chi connectivity index (χ3v) is 4.53. The van der Waals surface area contributed by atoms with Crippen molar-refractivity contribution in [1.29, 1.82) is 0 Å². The maximum absolute atomic E-state index is 12.5. The summed E-state index contributed by atoms with van der Waals surface area (Å²) < 4.78 is 5.75. The Hall–Kier alpha value is -4.38. The van der Waals surface area contributed by atoms with E-state index in [0.717, 1.165) is 5.75 Å². The molecule has 5 heteroatoms. The Kier molecular flexibility index (Phi) is 6.05. The first-order valence-electron chi connectivity index (χ1n) is 9.78. The van der Waals surface area contributed by atoms with Crippen molar-refractivity contribution in [3.63, 3.8) is 0 Å². The van der Waals surface area contributed by atoms with E-state index in [1.807, 2.05) is 48.5 Å². The second-order valence-electron chi connectivity index (χ2n) is 6.79. The third kappa shape index (κ3) is 5.36. The molecule has 0 fully saturated rings. The molecule has 0 saturated heterocycles. The van der Waals surface area contributed by atoms with Crippen LogP contribution in [-0.2, 0) is 0 Å². The highest BCUT2D eigenvalue weighted by atomic mass is 16.5. The lowest BCUT2D eigenvalue weighted by Gasteiger charge is -2.09. The Bertz CT molecular complexity index is 1160. The van der Waals surface area contributed by atoms with E-state index in [1.54, 1.807) is 60.7 Å². The molecule has 4 rings (SSSR count). The van der Waals surface area contributed by atoms with Crippen LogP contribution in [0.5, 0.6) is 11.5 Å². The molecule has 2 N–H and O–H groups in total. The van der Waals surface area contributed by atoms with Gasteiger partial charge in [-0.15, -0.1) is 0 Å². The first kappa shape index (κ1) is 19.9. The van der Waals surface area contributed by atoms with Crippen molar-refractivity contribution < 1.29 is 14.3 Å². The predicted molar refractivity (Wildman–Crippen MR) is 122 cm³/mol. The second kappa shape index (κ2) is 9.41. The summed E-state index contributed by atoms with van der Waals surface area (Å²) >= 11 is 0. The average Bonchev–Trinajstić information content (AvgIpc) is 2.82. The molecule has 0 aliphatic heterocycles. The van der Waals surface area contributed by atoms with E-state index in [0.29, 0.717) is 28.3 Å². The summed E-state index contributed by atoms with van der Waals surface area (Å²) in [5, 5.41) is 5.67. The molecule has 0 unspecified atom stereocenters. The van der Waals surface area contributed by atoms with Gasteiger partial charge in [0.05, 0.1) is 0 Å². The van der Waals surface area contributed by atoms with E-state index < -0.39 is 0 Å². The van der Waals surface area contributed by atoms with Gasteiger partial charge < -0.3 is 15.4 Å². The molecular weight excluding hydrogens is 388 g/mol. The van der Waals surface area contributed by atoms with Crippen LogP contribution in [0.3, 0.4) is 0 Å². The number of benzene rings is 4. The molecular formula is C26H20N2O3. The molecule has 152 valence electrons. The number of carbonyl (C=O) groups is 2. The van der Waals surface area contributed by atoms with E-state index >= 15 is 0 Å². The number of anilines is 2. The van der Waals surface area contributed by atoms with Crippen LogP contribution >= 0.6 is 0 Å². The van der Waals surface area contributed by atoms with Crippen LogP contribution in [0.25, 0.3) is 0 Å². The summed E-state index contributed by atoms with van der Waals surface area (Å²) in [4.78, 5) is 24.7. The predicted octanol–water partition coefficient (Wildman–Crippen LogP) is 5.98. The largest absolute Gasteiger partial charge is 0.457 e. The van der Waals surface area contributed by atoms with E-state index in [-0.39, 0.29) is 11.8 Å². The molecule has 0 heterocycles. The first-order chi connectivity index (χ1) is 15.2. The highest BCUT2D eigenvalue weighted by molar-refractivity contribution is 6.06. The average molecular weight is 408 g/mol. The van der Waals surface area contributed by atoms with Crippen molar-refractivity contribution in [3.05, 3.63) is 120 Å². The van der Waals surface area contributed by atoms with Crippen LogP contribution in [0.4, 0.5) is 11.4 Å². The first-order valence-corrected chi connectivity index (χ1v) is 9.78. The van der Waals surface area contributed by atoms with Gasteiger partial charge in [0.2, 0.25) is 0 Å². The molecule has 31 heavy (non-hydrogen) atoms. The van der Waals surface area contributed by atoms with Gasteiger partial charge in [-0.3, -0.25) is 9.59 Å². The number of rotatable bonds is 6. The minimum atomic E-state index is -0.238. The molecule has 0 bridgehead atoms. The summed E-state index contributed by atoms with van der Waals surface area (Å²) in [6.07, 6.45) is 0. The summed E-state index contributed by atoms with van der Waals surface area (Å²) in [6, 6.07) is 32.3. The van der Waals surface area contributed by atoms with Gasteiger partial charge in [-0.25, -0.2) is 0 Å². The lowest BCUT2D eigenvalue weighted by atomic mass is 10.1. The normalized spacial score (nSPS) is 10.2. The van der Waals surface area contributed by atoms with Crippen molar-refractivity contribution in [3.8, 4) is 11.5 Å². The summed E-state index contributed by atoms with van der Waals surface area (Å²) in [5.41, 5.74) is 2.34. The zero-order valence-electron chi connectivity index (χ0n) is 16.6. The molecule has 5 nitrogen and oxygen atoms in total. The number of carbonyl (C=O) groups excluding carboxylic acids is 2. The van der Waals surface area contributed by atoms with Gasteiger partial charge in [0.25, 0.3) is 11.8 Å². The Morgan fingerprint density at radius 1 is 0.484 bits per heavy atom. The second-order valence-corrected chi connectivity index (χ2v) is 6.79. The van der Waals surface area contributed by atoms with Crippen molar-refractivity contribution in [2.75, 3.05) is 10.6 Å². The highest BCUT2D eigenvalue weighted by Gasteiger charge is 2.09. The van der Waals surface area contributed by atoms with Crippen molar-refractivity contribution in [1.82, 2.24) is 0 Å². The maximum Gasteiger partial charge on any atom is 0.255 e. The van der Waals surface area contributed by atoms with Gasteiger partial charge in [-0.05, 0) is 72.8 Å². The SMILES string of the molecule is O=C(Nc1ccc(C(=O)Nc2ccc(Oc3ccccc3)cc2)cc1)c1ccccc1. The van der Waals surface area contributed by atoms with Crippen LogP contribution in [-0.4, -0.2) is 11.8 Å². The topological polar surface area (TPSA) is 67.4 Å². The Labute approximate surface area is 180 Å². The quantitative estimate of drug-likeness (QED) is 0.412. The lowest BCUT2D eigenvalue weighted by molar-refractivity contribution is 0.102.